The van der Waals surface area contributed by atoms with Crippen LogP contribution in [0.25, 0.3) is 32.1 Å². The van der Waals surface area contributed by atoms with E-state index in [9.17, 15) is 14.4 Å². The van der Waals surface area contributed by atoms with Crippen LogP contribution in [0, 0.1) is 23.0 Å². The van der Waals surface area contributed by atoms with E-state index in [0.29, 0.717) is 37.3 Å². The minimum atomic E-state index is -0.936. The Morgan fingerprint density at radius 3 is 2.64 bits per heavy atom. The summed E-state index contributed by atoms with van der Waals surface area (Å²) in [6, 6.07) is 6.19. The number of nitrogens with zero attached hydrogens (tertiary/aromatic N) is 5. The summed E-state index contributed by atoms with van der Waals surface area (Å²) in [4.78, 5) is 26.2. The molecule has 3 saturated heterocycles. The van der Waals surface area contributed by atoms with Crippen LogP contribution >= 0.6 is 22.9 Å². The topological polar surface area (TPSA) is 104 Å². The highest BCUT2D eigenvalue weighted by atomic mass is 35.5. The summed E-state index contributed by atoms with van der Waals surface area (Å²) in [6.45, 7) is 7.84. The van der Waals surface area contributed by atoms with E-state index in [1.165, 1.54) is 12.1 Å². The average molecular weight is 727 g/mol. The lowest BCUT2D eigenvalue weighted by Gasteiger charge is -2.31. The minimum absolute atomic E-state index is 0.0196. The Morgan fingerprint density at radius 1 is 1.16 bits per heavy atom. The molecular weight excluding hydrogens is 689 g/mol. The molecule has 3 aliphatic rings. The first-order valence-corrected chi connectivity index (χ1v) is 18.2. The van der Waals surface area contributed by atoms with E-state index in [4.69, 9.17) is 26.1 Å². The van der Waals surface area contributed by atoms with Crippen molar-refractivity contribution in [3.05, 3.63) is 40.4 Å². The molecule has 0 radical (unpaired) electrons. The zero-order chi connectivity index (χ0) is 35.4. The first-order chi connectivity index (χ1) is 23.9. The molecule has 0 saturated carbocycles. The van der Waals surface area contributed by atoms with Gasteiger partial charge in [0, 0.05) is 42.4 Å². The molecule has 0 bridgehead atoms. The number of nitriles is 1. The van der Waals surface area contributed by atoms with Crippen molar-refractivity contribution in [3.63, 3.8) is 0 Å². The van der Waals surface area contributed by atoms with Crippen LogP contribution in [-0.2, 0) is 4.74 Å². The summed E-state index contributed by atoms with van der Waals surface area (Å²) in [5, 5.41) is 13.4. The molecule has 264 valence electrons. The Morgan fingerprint density at radius 2 is 1.92 bits per heavy atom. The molecular formula is C36H38ClF3N6O3S. The molecule has 0 unspecified atom stereocenters. The average Bonchev–Trinajstić information content (AvgIpc) is 3.61. The molecule has 14 heteroatoms. The highest BCUT2D eigenvalue weighted by Gasteiger charge is 2.49. The Labute approximate surface area is 297 Å². The lowest BCUT2D eigenvalue weighted by atomic mass is 9.95. The first-order valence-electron chi connectivity index (χ1n) is 17.0. The molecule has 50 heavy (non-hydrogen) atoms. The van der Waals surface area contributed by atoms with Crippen molar-refractivity contribution in [3.8, 4) is 23.2 Å². The molecule has 2 aromatic carbocycles. The summed E-state index contributed by atoms with van der Waals surface area (Å²) in [6.07, 6.45) is 4.36. The van der Waals surface area contributed by atoms with Crippen molar-refractivity contribution in [2.24, 2.45) is 0 Å². The van der Waals surface area contributed by atoms with Gasteiger partial charge in [-0.1, -0.05) is 30.5 Å². The Bertz CT molecular complexity index is 2020. The molecule has 3 fully saturated rings. The van der Waals surface area contributed by atoms with Gasteiger partial charge in [0.1, 0.15) is 46.6 Å². The third kappa shape index (κ3) is 6.42. The van der Waals surface area contributed by atoms with E-state index in [0.717, 1.165) is 56.4 Å². The van der Waals surface area contributed by atoms with Gasteiger partial charge in [-0.25, -0.2) is 18.0 Å². The SMILES string of the molecule is CC(C)(C)OC(=O)Nc1sc2c(F)ccc(-c3c(Cl)cc4c(N5CCCCCC5)nc(OC[C@@]56CCCN5C[C@H](F)C6)nc4c3F)c2c1C#N. The molecule has 2 aromatic heterocycles. The molecule has 3 aliphatic heterocycles. The standard InChI is InChI=1S/C36H38ClF3N6O3S/c1-35(2,3)49-34(47)44-32-23(17-41)26-21(9-10-25(39)30(26)50-32)27-24(37)15-22-29(28(27)40)42-33(43-31(22)45-12-6-4-5-7-13-45)48-19-36-11-8-14-46(36)18-20(38)16-36/h9-10,15,20H,4-8,11-14,16,18-19H2,1-3H3,(H,44,47)/t20-,36+/m1/s1. The zero-order valence-electron chi connectivity index (χ0n) is 28.2. The van der Waals surface area contributed by atoms with Gasteiger partial charge in [-0.3, -0.25) is 10.2 Å². The number of carbonyl (C=O) groups is 1. The fraction of sp³-hybridized carbons (Fsp3) is 0.500. The molecule has 0 spiro atoms. The Balaban J connectivity index is 1.36. The molecule has 5 heterocycles. The Kier molecular flexibility index (Phi) is 9.24. The van der Waals surface area contributed by atoms with E-state index in [2.05, 4.69) is 26.2 Å². The Hall–Kier alpha value is -3.86. The second-order valence-corrected chi connectivity index (χ2v) is 15.8. The molecule has 0 aliphatic carbocycles. The third-order valence-electron chi connectivity index (χ3n) is 9.77. The summed E-state index contributed by atoms with van der Waals surface area (Å²) >= 11 is 7.74. The van der Waals surface area contributed by atoms with Crippen molar-refractivity contribution in [1.29, 1.82) is 5.26 Å². The second-order valence-electron chi connectivity index (χ2n) is 14.4. The van der Waals surface area contributed by atoms with Crippen molar-refractivity contribution >= 4 is 60.8 Å². The number of fused-ring (bicyclic) bond motifs is 3. The van der Waals surface area contributed by atoms with Gasteiger partial charge in [-0.2, -0.15) is 15.2 Å². The lowest BCUT2D eigenvalue weighted by molar-refractivity contribution is 0.0636. The largest absolute Gasteiger partial charge is 0.461 e. The van der Waals surface area contributed by atoms with E-state index >= 15 is 8.78 Å². The normalized spacial score (nSPS) is 21.3. The number of amides is 1. The molecule has 2 atom stereocenters. The summed E-state index contributed by atoms with van der Waals surface area (Å²) in [7, 11) is 0. The van der Waals surface area contributed by atoms with Crippen molar-refractivity contribution in [2.75, 3.05) is 43.0 Å². The van der Waals surface area contributed by atoms with E-state index in [1.807, 2.05) is 0 Å². The predicted octanol–water partition coefficient (Wildman–Crippen LogP) is 9.00. The maximum atomic E-state index is 17.1. The molecule has 9 nitrogen and oxygen atoms in total. The molecule has 4 aromatic rings. The number of benzene rings is 2. The fourth-order valence-corrected chi connectivity index (χ4v) is 8.98. The monoisotopic (exact) mass is 726 g/mol. The number of rotatable bonds is 6. The number of anilines is 2. The maximum absolute atomic E-state index is 17.1. The van der Waals surface area contributed by atoms with Crippen LogP contribution in [0.1, 0.15) is 71.3 Å². The van der Waals surface area contributed by atoms with Gasteiger partial charge in [0.15, 0.2) is 5.82 Å². The quantitative estimate of drug-likeness (QED) is 0.210. The van der Waals surface area contributed by atoms with Gasteiger partial charge in [0.25, 0.3) is 0 Å². The highest BCUT2D eigenvalue weighted by Crippen LogP contribution is 2.47. The van der Waals surface area contributed by atoms with Crippen LogP contribution in [0.15, 0.2) is 18.2 Å². The second kappa shape index (κ2) is 13.4. The van der Waals surface area contributed by atoms with Crippen molar-refractivity contribution in [2.45, 2.75) is 83.0 Å². The van der Waals surface area contributed by atoms with E-state index in [-0.39, 0.29) is 54.9 Å². The van der Waals surface area contributed by atoms with Crippen LogP contribution < -0.4 is 15.0 Å². The number of alkyl halides is 1. The van der Waals surface area contributed by atoms with Gasteiger partial charge in [-0.05, 0) is 70.7 Å². The van der Waals surface area contributed by atoms with Gasteiger partial charge >= 0.3 is 12.1 Å². The maximum Gasteiger partial charge on any atom is 0.412 e. The van der Waals surface area contributed by atoms with Crippen LogP contribution in [0.2, 0.25) is 5.02 Å². The minimum Gasteiger partial charge on any atom is -0.461 e. The first kappa shape index (κ1) is 34.6. The number of nitrogens with one attached hydrogen (secondary N) is 1. The zero-order valence-corrected chi connectivity index (χ0v) is 29.7. The number of halogens is 4. The van der Waals surface area contributed by atoms with Crippen LogP contribution in [0.4, 0.5) is 28.8 Å². The predicted molar refractivity (Wildman–Crippen MR) is 189 cm³/mol. The van der Waals surface area contributed by atoms with Crippen molar-refractivity contribution < 1.29 is 27.4 Å². The van der Waals surface area contributed by atoms with Gasteiger partial charge in [-0.15, -0.1) is 11.3 Å². The number of hydrogen-bond acceptors (Lipinski definition) is 9. The van der Waals surface area contributed by atoms with Crippen LogP contribution in [0.5, 0.6) is 6.01 Å². The van der Waals surface area contributed by atoms with Gasteiger partial charge < -0.3 is 14.4 Å². The molecule has 7 rings (SSSR count). The summed E-state index contributed by atoms with van der Waals surface area (Å²) in [5.74, 6) is -0.939. The number of ether oxygens (including phenoxy) is 2. The van der Waals surface area contributed by atoms with Crippen molar-refractivity contribution in [1.82, 2.24) is 14.9 Å². The van der Waals surface area contributed by atoms with E-state index < -0.39 is 35.0 Å². The van der Waals surface area contributed by atoms with Crippen LogP contribution in [0.3, 0.4) is 0 Å². The summed E-state index contributed by atoms with van der Waals surface area (Å²) < 4.78 is 58.6. The van der Waals surface area contributed by atoms with Crippen LogP contribution in [-0.4, -0.2) is 71.1 Å². The number of hydrogen-bond donors (Lipinski definition) is 1. The third-order valence-corrected chi connectivity index (χ3v) is 11.2. The van der Waals surface area contributed by atoms with Gasteiger partial charge in [0.2, 0.25) is 0 Å². The molecule has 1 amide bonds. The highest BCUT2D eigenvalue weighted by molar-refractivity contribution is 7.23. The smallest absolute Gasteiger partial charge is 0.412 e. The molecule has 1 N–H and O–H groups in total. The number of thiophene rings is 1. The number of aromatic nitrogens is 2. The lowest BCUT2D eigenvalue weighted by Crippen LogP contribution is -2.43. The van der Waals surface area contributed by atoms with E-state index in [1.54, 1.807) is 26.8 Å². The summed E-state index contributed by atoms with van der Waals surface area (Å²) in [5.41, 5.74) is -1.28. The van der Waals surface area contributed by atoms with Gasteiger partial charge in [0.05, 0.1) is 20.8 Å². The number of carbonyl (C=O) groups excluding carboxylic acids is 1. The fourth-order valence-electron chi connectivity index (χ4n) is 7.61.